The Bertz CT molecular complexity index is 1530. The molecular formula is C27H30N4O6S. The summed E-state index contributed by atoms with van der Waals surface area (Å²) in [6.45, 7) is 3.23. The Hall–Kier alpha value is -3.73. The van der Waals surface area contributed by atoms with Gasteiger partial charge in [-0.25, -0.2) is 8.42 Å². The molecule has 10 nitrogen and oxygen atoms in total. The third-order valence-corrected chi connectivity index (χ3v) is 9.48. The van der Waals surface area contributed by atoms with E-state index in [4.69, 9.17) is 14.0 Å². The van der Waals surface area contributed by atoms with E-state index in [2.05, 4.69) is 45.2 Å². The summed E-state index contributed by atoms with van der Waals surface area (Å²) in [4.78, 5) is 14.3. The number of benzene rings is 2. The minimum atomic E-state index is -4.23. The minimum absolute atomic E-state index is 0.0230. The number of amides is 1. The summed E-state index contributed by atoms with van der Waals surface area (Å²) in [5, 5.41) is 6.68. The molecule has 3 aliphatic rings. The lowest BCUT2D eigenvalue weighted by atomic mass is 9.79. The highest BCUT2D eigenvalue weighted by Crippen LogP contribution is 2.59. The van der Waals surface area contributed by atoms with E-state index < -0.39 is 15.9 Å². The predicted octanol–water partition coefficient (Wildman–Crippen LogP) is 3.71. The molecule has 2 N–H and O–H groups in total. The molecule has 38 heavy (non-hydrogen) atoms. The summed E-state index contributed by atoms with van der Waals surface area (Å²) in [7, 11) is -0.0725. The Morgan fingerprint density at radius 2 is 1.87 bits per heavy atom. The maximum Gasteiger partial charge on any atom is 0.270 e. The van der Waals surface area contributed by atoms with E-state index in [1.807, 2.05) is 0 Å². The van der Waals surface area contributed by atoms with Crippen molar-refractivity contribution in [2.45, 2.75) is 49.0 Å². The van der Waals surface area contributed by atoms with Crippen LogP contribution in [0.25, 0.3) is 11.3 Å². The molecule has 1 aliphatic heterocycles. The second-order valence-electron chi connectivity index (χ2n) is 10.3. The third-order valence-electron chi connectivity index (χ3n) is 8.08. The molecule has 11 heteroatoms. The van der Waals surface area contributed by atoms with Crippen LogP contribution in [0, 0.1) is 0 Å². The number of carbonyl (C=O) groups is 1. The van der Waals surface area contributed by atoms with Crippen molar-refractivity contribution in [1.82, 2.24) is 10.5 Å². The molecule has 0 radical (unpaired) electrons. The zero-order chi connectivity index (χ0) is 26.8. The monoisotopic (exact) mass is 538 g/mol. The van der Waals surface area contributed by atoms with Gasteiger partial charge in [0.25, 0.3) is 15.9 Å². The number of nitrogens with zero attached hydrogens (tertiary/aromatic N) is 2. The molecule has 1 saturated heterocycles. The van der Waals surface area contributed by atoms with E-state index in [0.29, 0.717) is 18.2 Å². The normalized spacial score (nSPS) is 18.7. The van der Waals surface area contributed by atoms with Crippen LogP contribution < -0.4 is 24.4 Å². The number of hydrogen-bond acceptors (Lipinski definition) is 8. The fourth-order valence-electron chi connectivity index (χ4n) is 5.66. The Kier molecular flexibility index (Phi) is 5.60. The quantitative estimate of drug-likeness (QED) is 0.467. The average Bonchev–Trinajstić information content (AvgIpc) is 3.58. The average molecular weight is 539 g/mol. The largest absolute Gasteiger partial charge is 0.495 e. The van der Waals surface area contributed by atoms with Gasteiger partial charge in [-0.2, -0.15) is 0 Å². The third kappa shape index (κ3) is 3.71. The molecule has 2 heterocycles. The van der Waals surface area contributed by atoms with Gasteiger partial charge in [0.1, 0.15) is 11.5 Å². The van der Waals surface area contributed by atoms with E-state index in [1.54, 1.807) is 0 Å². The Morgan fingerprint density at radius 3 is 2.42 bits per heavy atom. The fraction of sp³-hybridized carbons (Fsp3) is 0.407. The fourth-order valence-corrected chi connectivity index (χ4v) is 6.99. The van der Waals surface area contributed by atoms with Crippen LogP contribution >= 0.6 is 0 Å². The lowest BCUT2D eigenvalue weighted by Gasteiger charge is -2.41. The van der Waals surface area contributed by atoms with E-state index in [9.17, 15) is 13.2 Å². The molecule has 2 aromatic carbocycles. The summed E-state index contributed by atoms with van der Waals surface area (Å²) in [5.74, 6) is 0.304. The molecule has 6 rings (SSSR count). The highest BCUT2D eigenvalue weighted by atomic mass is 32.2. The molecule has 0 bridgehead atoms. The van der Waals surface area contributed by atoms with Gasteiger partial charge in [-0.1, -0.05) is 11.2 Å². The molecular weight excluding hydrogens is 508 g/mol. The van der Waals surface area contributed by atoms with Gasteiger partial charge >= 0.3 is 0 Å². The molecule has 1 atom stereocenters. The molecule has 200 valence electrons. The van der Waals surface area contributed by atoms with Crippen LogP contribution in [-0.4, -0.2) is 53.3 Å². The Morgan fingerprint density at radius 1 is 1.16 bits per heavy atom. The van der Waals surface area contributed by atoms with Crippen molar-refractivity contribution in [2.24, 2.45) is 0 Å². The lowest BCUT2D eigenvalue weighted by Crippen LogP contribution is -2.45. The second-order valence-corrected chi connectivity index (χ2v) is 11.9. The van der Waals surface area contributed by atoms with Crippen molar-refractivity contribution in [3.05, 3.63) is 47.0 Å². The molecule has 0 unspecified atom stereocenters. The van der Waals surface area contributed by atoms with Crippen molar-refractivity contribution in [3.63, 3.8) is 0 Å². The molecule has 1 aromatic heterocycles. The summed E-state index contributed by atoms with van der Waals surface area (Å²) in [6.07, 6.45) is 3.86. The first-order chi connectivity index (χ1) is 18.2. The first-order valence-electron chi connectivity index (χ1n) is 12.6. The topological polar surface area (TPSA) is 123 Å². The standard InChI is InChI=1S/C27H30N4O6S/c1-15-7-10-31(15)17-5-6-20-18(13-17)23-19(14-27(20)8-9-27)25(29-37-23)30-38(33,34)24-21(35-3)11-16(26(32)28-2)12-22(24)36-4/h5-6,11-13,15H,7-10,14H2,1-4H3,(H,28,32)(H,29,30)/t15-/m0/s1. The summed E-state index contributed by atoms with van der Waals surface area (Å²) in [5.41, 5.74) is 4.27. The zero-order valence-electron chi connectivity index (χ0n) is 21.8. The van der Waals surface area contributed by atoms with Gasteiger partial charge in [0.15, 0.2) is 16.5 Å². The number of carbonyl (C=O) groups excluding carboxylic acids is 1. The number of sulfonamides is 1. The van der Waals surface area contributed by atoms with Crippen LogP contribution in [-0.2, 0) is 21.9 Å². The van der Waals surface area contributed by atoms with Crippen LogP contribution in [0.3, 0.4) is 0 Å². The first kappa shape index (κ1) is 24.6. The van der Waals surface area contributed by atoms with Gasteiger partial charge in [-0.3, -0.25) is 9.52 Å². The van der Waals surface area contributed by atoms with E-state index >= 15 is 0 Å². The Labute approximate surface area is 221 Å². The van der Waals surface area contributed by atoms with Crippen LogP contribution in [0.5, 0.6) is 11.5 Å². The molecule has 1 amide bonds. The molecule has 3 aromatic rings. The highest BCUT2D eigenvalue weighted by molar-refractivity contribution is 7.93. The van der Waals surface area contributed by atoms with Gasteiger partial charge in [0.05, 0.1) is 14.2 Å². The second kappa shape index (κ2) is 8.65. The van der Waals surface area contributed by atoms with E-state index in [0.717, 1.165) is 42.6 Å². The van der Waals surface area contributed by atoms with Crippen molar-refractivity contribution in [3.8, 4) is 22.8 Å². The van der Waals surface area contributed by atoms with E-state index in [-0.39, 0.29) is 33.2 Å². The van der Waals surface area contributed by atoms with Crippen molar-refractivity contribution in [2.75, 3.05) is 37.4 Å². The highest BCUT2D eigenvalue weighted by Gasteiger charge is 2.51. The summed E-state index contributed by atoms with van der Waals surface area (Å²) < 4.78 is 46.5. The predicted molar refractivity (Wildman–Crippen MR) is 142 cm³/mol. The van der Waals surface area contributed by atoms with Crippen molar-refractivity contribution < 1.29 is 27.2 Å². The number of anilines is 2. The summed E-state index contributed by atoms with van der Waals surface area (Å²) in [6, 6.07) is 9.74. The maximum absolute atomic E-state index is 13.7. The molecule has 2 aliphatic carbocycles. The minimum Gasteiger partial charge on any atom is -0.495 e. The SMILES string of the molecule is CNC(=O)c1cc(OC)c(S(=O)(=O)Nc2noc3c2CC2(CC2)c2ccc(N4CC[C@@H]4C)cc2-3)c(OC)c1. The number of nitrogens with one attached hydrogen (secondary N) is 2. The number of rotatable bonds is 7. The number of fused-ring (bicyclic) bond motifs is 4. The van der Waals surface area contributed by atoms with E-state index in [1.165, 1.54) is 39.0 Å². The van der Waals surface area contributed by atoms with Crippen molar-refractivity contribution >= 4 is 27.4 Å². The van der Waals surface area contributed by atoms with Gasteiger partial charge in [0, 0.05) is 47.4 Å². The van der Waals surface area contributed by atoms with Crippen molar-refractivity contribution in [1.29, 1.82) is 0 Å². The number of aromatic nitrogens is 1. The zero-order valence-corrected chi connectivity index (χ0v) is 22.6. The van der Waals surface area contributed by atoms with Gasteiger partial charge < -0.3 is 24.2 Å². The van der Waals surface area contributed by atoms with Crippen LogP contribution in [0.15, 0.2) is 39.8 Å². The first-order valence-corrected chi connectivity index (χ1v) is 14.1. The van der Waals surface area contributed by atoms with Gasteiger partial charge in [-0.15, -0.1) is 0 Å². The lowest BCUT2D eigenvalue weighted by molar-refractivity contribution is 0.0962. The molecule has 1 spiro atoms. The van der Waals surface area contributed by atoms with Crippen LogP contribution in [0.1, 0.15) is 47.7 Å². The number of methoxy groups -OCH3 is 2. The Balaban J connectivity index is 1.40. The van der Waals surface area contributed by atoms with Crippen LogP contribution in [0.2, 0.25) is 0 Å². The molecule has 1 saturated carbocycles. The van der Waals surface area contributed by atoms with Gasteiger partial charge in [-0.05, 0) is 62.4 Å². The number of ether oxygens (including phenoxy) is 2. The van der Waals surface area contributed by atoms with Crippen LogP contribution in [0.4, 0.5) is 11.5 Å². The maximum atomic E-state index is 13.7. The number of hydrogen-bond donors (Lipinski definition) is 2. The smallest absolute Gasteiger partial charge is 0.270 e. The van der Waals surface area contributed by atoms with Gasteiger partial charge in [0.2, 0.25) is 0 Å². The summed E-state index contributed by atoms with van der Waals surface area (Å²) >= 11 is 0. The molecule has 2 fully saturated rings.